The van der Waals surface area contributed by atoms with Crippen molar-refractivity contribution in [2.75, 3.05) is 0 Å². The standard InChI is InChI=1S/C6H7NO2S.CH4N2O/c7-10(8,9)6-4-2-1-3-5-6;2-3-1-4/h1-5H,(H2,7,8,9);1H,2H2,(H,3,4). The second kappa shape index (κ2) is 6.08. The lowest BCUT2D eigenvalue weighted by molar-refractivity contribution is -0.109. The van der Waals surface area contributed by atoms with Gasteiger partial charge in [-0.1, -0.05) is 18.2 Å². The molecule has 78 valence electrons. The molecule has 0 aliphatic heterocycles. The number of benzene rings is 1. The highest BCUT2D eigenvalue weighted by Gasteiger charge is 2.03. The number of primary sulfonamides is 1. The lowest BCUT2D eigenvalue weighted by Crippen LogP contribution is -2.18. The van der Waals surface area contributed by atoms with Gasteiger partial charge in [-0.15, -0.1) is 0 Å². The van der Waals surface area contributed by atoms with Crippen LogP contribution in [0.1, 0.15) is 0 Å². The fourth-order valence-corrected chi connectivity index (χ4v) is 1.15. The van der Waals surface area contributed by atoms with E-state index in [0.717, 1.165) is 0 Å². The molecule has 0 heterocycles. The first-order chi connectivity index (χ1) is 6.52. The van der Waals surface area contributed by atoms with E-state index in [1.165, 1.54) is 12.1 Å². The van der Waals surface area contributed by atoms with Crippen molar-refractivity contribution in [1.82, 2.24) is 5.43 Å². The van der Waals surface area contributed by atoms with Crippen LogP contribution in [0.2, 0.25) is 0 Å². The van der Waals surface area contributed by atoms with Crippen molar-refractivity contribution in [2.24, 2.45) is 11.0 Å². The molecule has 1 amide bonds. The minimum absolute atomic E-state index is 0.148. The second-order valence-electron chi connectivity index (χ2n) is 2.14. The summed E-state index contributed by atoms with van der Waals surface area (Å²) in [5, 5.41) is 4.83. The Bertz CT molecular complexity index is 363. The van der Waals surface area contributed by atoms with Gasteiger partial charge in [0.05, 0.1) is 4.90 Å². The SMILES string of the molecule is NNC=O.NS(=O)(=O)c1ccccc1. The van der Waals surface area contributed by atoms with Crippen LogP contribution in [0.4, 0.5) is 0 Å². The first-order valence-electron chi connectivity index (χ1n) is 3.50. The third kappa shape index (κ3) is 5.25. The smallest absolute Gasteiger partial charge is 0.238 e. The Kier molecular flexibility index (Phi) is 5.46. The Hall–Kier alpha value is -1.44. The number of hydrogen-bond donors (Lipinski definition) is 3. The van der Waals surface area contributed by atoms with E-state index in [1.54, 1.807) is 23.6 Å². The highest BCUT2D eigenvalue weighted by atomic mass is 32.2. The summed E-state index contributed by atoms with van der Waals surface area (Å²) in [4.78, 5) is 9.09. The minimum atomic E-state index is -3.50. The van der Waals surface area contributed by atoms with E-state index >= 15 is 0 Å². The number of nitrogens with two attached hydrogens (primary N) is 2. The highest BCUT2D eigenvalue weighted by molar-refractivity contribution is 7.89. The van der Waals surface area contributed by atoms with Crippen molar-refractivity contribution in [3.8, 4) is 0 Å². The molecule has 0 aliphatic rings. The molecule has 6 nitrogen and oxygen atoms in total. The fraction of sp³-hybridized carbons (Fsp3) is 0. The van der Waals surface area contributed by atoms with Crippen LogP contribution >= 0.6 is 0 Å². The topological polar surface area (TPSA) is 115 Å². The zero-order chi connectivity index (χ0) is 11.0. The van der Waals surface area contributed by atoms with Gasteiger partial charge in [0.2, 0.25) is 16.4 Å². The molecule has 1 aromatic carbocycles. The predicted octanol–water partition coefficient (Wildman–Crippen LogP) is -1.06. The maximum Gasteiger partial charge on any atom is 0.238 e. The summed E-state index contributed by atoms with van der Waals surface area (Å²) >= 11 is 0. The second-order valence-corrected chi connectivity index (χ2v) is 3.70. The first-order valence-corrected chi connectivity index (χ1v) is 5.04. The molecule has 5 N–H and O–H groups in total. The van der Waals surface area contributed by atoms with Gasteiger partial charge in [-0.3, -0.25) is 10.2 Å². The van der Waals surface area contributed by atoms with E-state index in [0.29, 0.717) is 6.41 Å². The molecule has 0 saturated carbocycles. The third-order valence-electron chi connectivity index (χ3n) is 1.14. The summed E-state index contributed by atoms with van der Waals surface area (Å²) in [7, 11) is -3.50. The van der Waals surface area contributed by atoms with E-state index in [-0.39, 0.29) is 4.90 Å². The Labute approximate surface area is 81.9 Å². The largest absolute Gasteiger partial charge is 0.297 e. The van der Waals surface area contributed by atoms with Crippen LogP contribution in [-0.4, -0.2) is 14.8 Å². The van der Waals surface area contributed by atoms with Gasteiger partial charge < -0.3 is 0 Å². The van der Waals surface area contributed by atoms with Gasteiger partial charge in [-0.2, -0.15) is 0 Å². The van der Waals surface area contributed by atoms with Gasteiger partial charge in [0.1, 0.15) is 0 Å². The molecule has 0 bridgehead atoms. The van der Waals surface area contributed by atoms with E-state index in [4.69, 9.17) is 9.93 Å². The number of hydrazine groups is 1. The number of carbonyl (C=O) groups excluding carboxylic acids is 1. The number of amides is 1. The molecule has 7 heteroatoms. The van der Waals surface area contributed by atoms with Gasteiger partial charge in [0.15, 0.2) is 0 Å². The van der Waals surface area contributed by atoms with Crippen molar-refractivity contribution < 1.29 is 13.2 Å². The van der Waals surface area contributed by atoms with Crippen LogP contribution in [-0.2, 0) is 14.8 Å². The summed E-state index contributed by atoms with van der Waals surface area (Å²) in [6, 6.07) is 7.89. The maximum atomic E-state index is 10.6. The molecule has 0 aromatic heterocycles. The quantitative estimate of drug-likeness (QED) is 0.253. The molecule has 1 rings (SSSR count). The van der Waals surface area contributed by atoms with E-state index in [2.05, 4.69) is 5.84 Å². The molecule has 0 unspecified atom stereocenters. The van der Waals surface area contributed by atoms with Gasteiger partial charge >= 0.3 is 0 Å². The van der Waals surface area contributed by atoms with E-state index in [9.17, 15) is 8.42 Å². The predicted molar refractivity (Wildman–Crippen MR) is 51.2 cm³/mol. The number of nitrogens with one attached hydrogen (secondary N) is 1. The Morgan fingerprint density at radius 1 is 1.21 bits per heavy atom. The maximum absolute atomic E-state index is 10.6. The van der Waals surface area contributed by atoms with E-state index < -0.39 is 10.0 Å². The van der Waals surface area contributed by atoms with Crippen LogP contribution < -0.4 is 16.4 Å². The average Bonchev–Trinajstić information content (AvgIpc) is 2.18. The number of carbonyl (C=O) groups is 1. The fourth-order valence-electron chi connectivity index (χ4n) is 0.610. The van der Waals surface area contributed by atoms with Crippen LogP contribution in [0.5, 0.6) is 0 Å². The normalized spacial score (nSPS) is 9.57. The molecular weight excluding hydrogens is 206 g/mol. The summed E-state index contributed by atoms with van der Waals surface area (Å²) in [6.45, 7) is 0. The molecule has 0 fully saturated rings. The minimum Gasteiger partial charge on any atom is -0.297 e. The lowest BCUT2D eigenvalue weighted by atomic mass is 10.4. The van der Waals surface area contributed by atoms with Gasteiger partial charge in [-0.05, 0) is 12.1 Å². The summed E-state index contributed by atoms with van der Waals surface area (Å²) in [6.07, 6.45) is 0.403. The zero-order valence-electron chi connectivity index (χ0n) is 7.25. The monoisotopic (exact) mass is 217 g/mol. The highest BCUT2D eigenvalue weighted by Crippen LogP contribution is 2.02. The number of hydrogen-bond acceptors (Lipinski definition) is 4. The lowest BCUT2D eigenvalue weighted by Gasteiger charge is -1.93. The summed E-state index contributed by atoms with van der Waals surface area (Å²) < 4.78 is 21.2. The van der Waals surface area contributed by atoms with Gasteiger partial charge in [0, 0.05) is 0 Å². The Balaban J connectivity index is 0.000000364. The molecule has 0 aliphatic carbocycles. The third-order valence-corrected chi connectivity index (χ3v) is 2.07. The van der Waals surface area contributed by atoms with Gasteiger partial charge in [-0.25, -0.2) is 19.4 Å². The van der Waals surface area contributed by atoms with Crippen LogP contribution in [0.3, 0.4) is 0 Å². The first kappa shape index (κ1) is 12.6. The van der Waals surface area contributed by atoms with Crippen molar-refractivity contribution in [1.29, 1.82) is 0 Å². The average molecular weight is 217 g/mol. The van der Waals surface area contributed by atoms with Crippen LogP contribution in [0.15, 0.2) is 35.2 Å². The van der Waals surface area contributed by atoms with E-state index in [1.807, 2.05) is 0 Å². The zero-order valence-corrected chi connectivity index (χ0v) is 8.07. The van der Waals surface area contributed by atoms with Crippen molar-refractivity contribution in [3.05, 3.63) is 30.3 Å². The molecule has 0 saturated heterocycles. The van der Waals surface area contributed by atoms with Crippen molar-refractivity contribution in [3.63, 3.8) is 0 Å². The number of rotatable bonds is 2. The molecule has 14 heavy (non-hydrogen) atoms. The molecule has 0 spiro atoms. The Morgan fingerprint density at radius 3 is 1.86 bits per heavy atom. The van der Waals surface area contributed by atoms with Crippen molar-refractivity contribution in [2.45, 2.75) is 4.90 Å². The molecule has 0 atom stereocenters. The summed E-state index contributed by atoms with van der Waals surface area (Å²) in [5.74, 6) is 4.41. The summed E-state index contributed by atoms with van der Waals surface area (Å²) in [5.41, 5.74) is 1.75. The molecule has 1 aromatic rings. The van der Waals surface area contributed by atoms with Gasteiger partial charge in [0.25, 0.3) is 0 Å². The van der Waals surface area contributed by atoms with Crippen molar-refractivity contribution >= 4 is 16.4 Å². The van der Waals surface area contributed by atoms with Crippen LogP contribution in [0.25, 0.3) is 0 Å². The number of sulfonamides is 1. The molecule has 0 radical (unpaired) electrons. The molecular formula is C7H11N3O3S. The Morgan fingerprint density at radius 2 is 1.64 bits per heavy atom. The van der Waals surface area contributed by atoms with Crippen LogP contribution in [0, 0.1) is 0 Å².